The van der Waals surface area contributed by atoms with E-state index in [1.807, 2.05) is 6.08 Å². The van der Waals surface area contributed by atoms with Crippen LogP contribution < -0.4 is 17.0 Å². The smallest absolute Gasteiger partial charge is 1.00 e. The standard InChI is InChI=1S/C10H17.BrH.Mg/c1-5-10(4)8-6-7-9(2)3;;/h5,7H,1,6,8H2,2-4H3;1H;/q-1;;+2/p-1/b10-5+;;. The molecule has 0 spiro atoms. The van der Waals surface area contributed by atoms with Gasteiger partial charge in [-0.05, 0) is 20.3 Å². The van der Waals surface area contributed by atoms with Crippen molar-refractivity contribution in [2.24, 2.45) is 0 Å². The topological polar surface area (TPSA) is 0 Å². The Labute approximate surface area is 103 Å². The molecule has 0 nitrogen and oxygen atoms in total. The number of halogens is 1. The summed E-state index contributed by atoms with van der Waals surface area (Å²) in [5.74, 6) is 0. The van der Waals surface area contributed by atoms with Gasteiger partial charge in [0.15, 0.2) is 0 Å². The fourth-order valence-corrected chi connectivity index (χ4v) is 0.691. The summed E-state index contributed by atoms with van der Waals surface area (Å²) in [4.78, 5) is 0. The third kappa shape index (κ3) is 13.2. The Morgan fingerprint density at radius 2 is 1.75 bits per heavy atom. The minimum atomic E-state index is 0. The average Bonchev–Trinajstić information content (AvgIpc) is 1.87. The maximum absolute atomic E-state index is 3.70. The molecular formula is C10H17BrMg. The van der Waals surface area contributed by atoms with Crippen LogP contribution in [0.4, 0.5) is 0 Å². The van der Waals surface area contributed by atoms with Gasteiger partial charge in [0.2, 0.25) is 0 Å². The Kier molecular flexibility index (Phi) is 17.8. The van der Waals surface area contributed by atoms with Crippen molar-refractivity contribution >= 4 is 23.1 Å². The molecular weight excluding hydrogens is 224 g/mol. The van der Waals surface area contributed by atoms with Gasteiger partial charge in [0, 0.05) is 0 Å². The predicted octanol–water partition coefficient (Wildman–Crippen LogP) is 0.136. The Bertz CT molecular complexity index is 144. The molecule has 0 N–H and O–H groups in total. The first-order valence-corrected chi connectivity index (χ1v) is 3.75. The Morgan fingerprint density at radius 1 is 1.25 bits per heavy atom. The molecule has 0 aromatic rings. The molecule has 0 rings (SSSR count). The van der Waals surface area contributed by atoms with Crippen LogP contribution >= 0.6 is 0 Å². The molecule has 66 valence electrons. The molecule has 2 heteroatoms. The number of allylic oxidation sites excluding steroid dienone is 4. The van der Waals surface area contributed by atoms with Crippen LogP contribution in [0.25, 0.3) is 0 Å². The van der Waals surface area contributed by atoms with Crippen LogP contribution in [-0.2, 0) is 0 Å². The Morgan fingerprint density at radius 3 is 2.08 bits per heavy atom. The van der Waals surface area contributed by atoms with E-state index in [0.717, 1.165) is 12.8 Å². The maximum atomic E-state index is 3.70. The fourth-order valence-electron chi connectivity index (χ4n) is 0.691. The maximum Gasteiger partial charge on any atom is 2.00 e. The molecule has 0 amide bonds. The van der Waals surface area contributed by atoms with Gasteiger partial charge < -0.3 is 17.0 Å². The van der Waals surface area contributed by atoms with Crippen LogP contribution in [-0.4, -0.2) is 23.1 Å². The summed E-state index contributed by atoms with van der Waals surface area (Å²) < 4.78 is 0. The van der Waals surface area contributed by atoms with Gasteiger partial charge in [-0.15, -0.1) is 6.92 Å². The number of hydrogen-bond donors (Lipinski definition) is 0. The molecule has 12 heavy (non-hydrogen) atoms. The summed E-state index contributed by atoms with van der Waals surface area (Å²) >= 11 is 0. The van der Waals surface area contributed by atoms with E-state index in [-0.39, 0.29) is 40.0 Å². The van der Waals surface area contributed by atoms with Gasteiger partial charge in [-0.2, -0.15) is 0 Å². The van der Waals surface area contributed by atoms with Crippen LogP contribution in [0.1, 0.15) is 33.6 Å². The molecule has 0 fully saturated rings. The molecule has 0 heterocycles. The largest absolute Gasteiger partial charge is 2.00 e. The van der Waals surface area contributed by atoms with Gasteiger partial charge in [0.1, 0.15) is 0 Å². The summed E-state index contributed by atoms with van der Waals surface area (Å²) in [5.41, 5.74) is 2.77. The summed E-state index contributed by atoms with van der Waals surface area (Å²) in [6.45, 7) is 10.1. The van der Waals surface area contributed by atoms with E-state index in [0.29, 0.717) is 0 Å². The minimum Gasteiger partial charge on any atom is -1.00 e. The second kappa shape index (κ2) is 11.6. The molecule has 0 aliphatic rings. The average molecular weight is 241 g/mol. The minimum absolute atomic E-state index is 0. The third-order valence-corrected chi connectivity index (χ3v) is 1.44. The van der Waals surface area contributed by atoms with Crippen LogP contribution in [0, 0.1) is 6.92 Å². The molecule has 0 saturated heterocycles. The van der Waals surface area contributed by atoms with Crippen molar-refractivity contribution in [3.8, 4) is 0 Å². The monoisotopic (exact) mass is 240 g/mol. The fraction of sp³-hybridized carbons (Fsp3) is 0.500. The molecule has 0 aliphatic heterocycles. The molecule has 0 aromatic carbocycles. The second-order valence-electron chi connectivity index (χ2n) is 2.87. The van der Waals surface area contributed by atoms with Crippen LogP contribution in [0.15, 0.2) is 23.3 Å². The molecule has 0 aromatic heterocycles. The first-order chi connectivity index (χ1) is 4.66. The molecule has 0 radical (unpaired) electrons. The van der Waals surface area contributed by atoms with E-state index in [4.69, 9.17) is 0 Å². The summed E-state index contributed by atoms with van der Waals surface area (Å²) in [6.07, 6.45) is 6.49. The van der Waals surface area contributed by atoms with Gasteiger partial charge in [-0.25, -0.2) is 18.6 Å². The van der Waals surface area contributed by atoms with E-state index >= 15 is 0 Å². The second-order valence-corrected chi connectivity index (χ2v) is 2.87. The third-order valence-electron chi connectivity index (χ3n) is 1.44. The van der Waals surface area contributed by atoms with Crippen molar-refractivity contribution in [2.75, 3.05) is 0 Å². The van der Waals surface area contributed by atoms with Gasteiger partial charge in [0.25, 0.3) is 0 Å². The first-order valence-electron chi connectivity index (χ1n) is 3.75. The zero-order valence-electron chi connectivity index (χ0n) is 8.36. The molecule has 0 atom stereocenters. The van der Waals surface area contributed by atoms with Crippen molar-refractivity contribution in [3.05, 3.63) is 30.2 Å². The van der Waals surface area contributed by atoms with Crippen molar-refractivity contribution in [1.82, 2.24) is 0 Å². The zero-order valence-corrected chi connectivity index (χ0v) is 11.4. The Hall–Kier alpha value is 0.596. The van der Waals surface area contributed by atoms with E-state index in [9.17, 15) is 0 Å². The van der Waals surface area contributed by atoms with Crippen LogP contribution in [0.2, 0.25) is 0 Å². The van der Waals surface area contributed by atoms with Crippen molar-refractivity contribution in [2.45, 2.75) is 33.6 Å². The molecule has 0 saturated carbocycles. The normalized spacial score (nSPS) is 9.42. The molecule has 0 unspecified atom stereocenters. The number of rotatable bonds is 3. The zero-order chi connectivity index (χ0) is 7.98. The van der Waals surface area contributed by atoms with Gasteiger partial charge in [-0.3, -0.25) is 0 Å². The summed E-state index contributed by atoms with van der Waals surface area (Å²) in [6, 6.07) is 0. The molecule has 0 aliphatic carbocycles. The van der Waals surface area contributed by atoms with E-state index in [1.165, 1.54) is 11.1 Å². The van der Waals surface area contributed by atoms with Crippen LogP contribution in [0.3, 0.4) is 0 Å². The van der Waals surface area contributed by atoms with Crippen LogP contribution in [0.5, 0.6) is 0 Å². The van der Waals surface area contributed by atoms with Gasteiger partial charge >= 0.3 is 23.1 Å². The molecule has 0 bridgehead atoms. The number of hydrogen-bond acceptors (Lipinski definition) is 0. The first kappa shape index (κ1) is 18.4. The SMILES string of the molecule is [Br-].[CH2-]/C=C(\C)CCC=C(C)C.[Mg+2]. The van der Waals surface area contributed by atoms with E-state index in [1.54, 1.807) is 0 Å². The van der Waals surface area contributed by atoms with Gasteiger partial charge in [-0.1, -0.05) is 18.1 Å². The van der Waals surface area contributed by atoms with E-state index in [2.05, 4.69) is 33.8 Å². The quantitative estimate of drug-likeness (QED) is 0.374. The predicted molar refractivity (Wildman–Crippen MR) is 53.5 cm³/mol. The van der Waals surface area contributed by atoms with Gasteiger partial charge in [0.05, 0.1) is 0 Å². The van der Waals surface area contributed by atoms with E-state index < -0.39 is 0 Å². The Balaban J connectivity index is -0.000000405. The van der Waals surface area contributed by atoms with Crippen molar-refractivity contribution in [1.29, 1.82) is 0 Å². The summed E-state index contributed by atoms with van der Waals surface area (Å²) in [7, 11) is 0. The summed E-state index contributed by atoms with van der Waals surface area (Å²) in [5, 5.41) is 0. The van der Waals surface area contributed by atoms with Crippen molar-refractivity contribution in [3.63, 3.8) is 0 Å². The van der Waals surface area contributed by atoms with Crippen molar-refractivity contribution < 1.29 is 17.0 Å².